The van der Waals surface area contributed by atoms with Gasteiger partial charge in [0.2, 0.25) is 5.82 Å². The fourth-order valence-corrected chi connectivity index (χ4v) is 2.02. The molecule has 6 heteroatoms. The molecule has 0 aliphatic carbocycles. The third-order valence-corrected chi connectivity index (χ3v) is 3.01. The highest BCUT2D eigenvalue weighted by atomic mass is 16.1. The SMILES string of the molecule is Cn1ccnc(-n2ccnc2-c2cccc(N)c2)c1=O. The molecule has 0 spiro atoms. The average Bonchev–Trinajstić information content (AvgIpc) is 2.91. The van der Waals surface area contributed by atoms with Crippen LogP contribution in [0.2, 0.25) is 0 Å². The van der Waals surface area contributed by atoms with Crippen molar-refractivity contribution in [3.8, 4) is 17.2 Å². The number of benzene rings is 1. The Bertz CT molecular complexity index is 818. The number of anilines is 1. The van der Waals surface area contributed by atoms with Crippen molar-refractivity contribution in [1.82, 2.24) is 19.1 Å². The Morgan fingerprint density at radius 3 is 2.75 bits per heavy atom. The minimum absolute atomic E-state index is 0.185. The maximum atomic E-state index is 12.1. The summed E-state index contributed by atoms with van der Waals surface area (Å²) in [7, 11) is 1.69. The van der Waals surface area contributed by atoms with Gasteiger partial charge in [-0.25, -0.2) is 9.97 Å². The Morgan fingerprint density at radius 2 is 1.95 bits per heavy atom. The molecule has 0 unspecified atom stereocenters. The molecule has 0 saturated carbocycles. The molecule has 3 aromatic rings. The monoisotopic (exact) mass is 267 g/mol. The quantitative estimate of drug-likeness (QED) is 0.708. The first-order valence-corrected chi connectivity index (χ1v) is 6.08. The second-order valence-electron chi connectivity index (χ2n) is 4.41. The average molecular weight is 267 g/mol. The number of aryl methyl sites for hydroxylation is 1. The summed E-state index contributed by atoms with van der Waals surface area (Å²) in [5.74, 6) is 0.943. The summed E-state index contributed by atoms with van der Waals surface area (Å²) < 4.78 is 3.14. The number of rotatable bonds is 2. The van der Waals surface area contributed by atoms with Gasteiger partial charge in [0, 0.05) is 43.1 Å². The fraction of sp³-hybridized carbons (Fsp3) is 0.0714. The maximum absolute atomic E-state index is 12.1. The van der Waals surface area contributed by atoms with E-state index in [0.717, 1.165) is 5.56 Å². The predicted molar refractivity (Wildman–Crippen MR) is 76.4 cm³/mol. The molecular formula is C14H13N5O. The number of nitrogen functional groups attached to an aromatic ring is 1. The van der Waals surface area contributed by atoms with Crippen molar-refractivity contribution >= 4 is 5.69 Å². The van der Waals surface area contributed by atoms with E-state index in [9.17, 15) is 4.79 Å². The van der Waals surface area contributed by atoms with Gasteiger partial charge in [-0.3, -0.25) is 9.36 Å². The van der Waals surface area contributed by atoms with Gasteiger partial charge < -0.3 is 10.3 Å². The van der Waals surface area contributed by atoms with Crippen LogP contribution in [0, 0.1) is 0 Å². The Labute approximate surface area is 115 Å². The molecule has 0 aliphatic rings. The van der Waals surface area contributed by atoms with Gasteiger partial charge in [0.15, 0.2) is 0 Å². The molecule has 0 bridgehead atoms. The Hall–Kier alpha value is -2.89. The molecule has 2 N–H and O–H groups in total. The highest BCUT2D eigenvalue weighted by molar-refractivity contribution is 5.62. The lowest BCUT2D eigenvalue weighted by Crippen LogP contribution is -2.23. The van der Waals surface area contributed by atoms with Gasteiger partial charge in [-0.1, -0.05) is 12.1 Å². The third-order valence-electron chi connectivity index (χ3n) is 3.01. The second kappa shape index (κ2) is 4.65. The standard InChI is InChI=1S/C14H13N5O/c1-18-7-5-17-13(14(18)20)19-8-6-16-12(19)10-3-2-4-11(15)9-10/h2-9H,15H2,1H3. The van der Waals surface area contributed by atoms with Crippen LogP contribution in [0.3, 0.4) is 0 Å². The largest absolute Gasteiger partial charge is 0.399 e. The van der Waals surface area contributed by atoms with Gasteiger partial charge >= 0.3 is 0 Å². The van der Waals surface area contributed by atoms with Crippen LogP contribution in [-0.2, 0) is 7.05 Å². The van der Waals surface area contributed by atoms with Crippen molar-refractivity contribution < 1.29 is 0 Å². The number of aromatic nitrogens is 4. The van der Waals surface area contributed by atoms with Crippen LogP contribution in [0.5, 0.6) is 0 Å². The van der Waals surface area contributed by atoms with Gasteiger partial charge in [0.05, 0.1) is 0 Å². The van der Waals surface area contributed by atoms with Crippen molar-refractivity contribution in [2.75, 3.05) is 5.73 Å². The molecule has 1 aromatic carbocycles. The summed E-state index contributed by atoms with van der Waals surface area (Å²) in [5.41, 5.74) is 7.08. The number of hydrogen-bond donors (Lipinski definition) is 1. The third kappa shape index (κ3) is 1.97. The summed E-state index contributed by atoms with van der Waals surface area (Å²) in [5, 5.41) is 0. The smallest absolute Gasteiger partial charge is 0.294 e. The summed E-state index contributed by atoms with van der Waals surface area (Å²) >= 11 is 0. The Balaban J connectivity index is 2.21. The molecule has 20 heavy (non-hydrogen) atoms. The fourth-order valence-electron chi connectivity index (χ4n) is 2.02. The topological polar surface area (TPSA) is 78.7 Å². The van der Waals surface area contributed by atoms with Gasteiger partial charge in [-0.2, -0.15) is 0 Å². The van der Waals surface area contributed by atoms with Crippen LogP contribution in [0.25, 0.3) is 17.2 Å². The first-order valence-electron chi connectivity index (χ1n) is 6.08. The van der Waals surface area contributed by atoms with E-state index in [1.165, 1.54) is 4.57 Å². The molecule has 0 radical (unpaired) electrons. The highest BCUT2D eigenvalue weighted by Crippen LogP contribution is 2.21. The van der Waals surface area contributed by atoms with Crippen LogP contribution >= 0.6 is 0 Å². The van der Waals surface area contributed by atoms with E-state index in [0.29, 0.717) is 17.3 Å². The van der Waals surface area contributed by atoms with E-state index in [4.69, 9.17) is 5.73 Å². The zero-order chi connectivity index (χ0) is 14.1. The normalized spacial score (nSPS) is 10.7. The second-order valence-corrected chi connectivity index (χ2v) is 4.41. The number of imidazole rings is 1. The highest BCUT2D eigenvalue weighted by Gasteiger charge is 2.12. The van der Waals surface area contributed by atoms with E-state index in [-0.39, 0.29) is 5.56 Å². The van der Waals surface area contributed by atoms with E-state index in [1.807, 2.05) is 18.2 Å². The molecule has 100 valence electrons. The first kappa shape index (κ1) is 12.2. The summed E-state index contributed by atoms with van der Waals surface area (Å²) in [6.07, 6.45) is 6.54. The van der Waals surface area contributed by atoms with Crippen LogP contribution in [-0.4, -0.2) is 19.1 Å². The zero-order valence-electron chi connectivity index (χ0n) is 10.9. The van der Waals surface area contributed by atoms with E-state index in [2.05, 4.69) is 9.97 Å². The zero-order valence-corrected chi connectivity index (χ0v) is 10.9. The van der Waals surface area contributed by atoms with E-state index >= 15 is 0 Å². The van der Waals surface area contributed by atoms with Crippen LogP contribution in [0.1, 0.15) is 0 Å². The van der Waals surface area contributed by atoms with Crippen molar-refractivity contribution in [3.05, 3.63) is 59.4 Å². The molecule has 6 nitrogen and oxygen atoms in total. The summed E-state index contributed by atoms with van der Waals surface area (Å²) in [4.78, 5) is 20.6. The van der Waals surface area contributed by atoms with Gasteiger partial charge in [0.1, 0.15) is 5.82 Å². The number of hydrogen-bond acceptors (Lipinski definition) is 4. The molecular weight excluding hydrogens is 254 g/mol. The van der Waals surface area contributed by atoms with E-state index < -0.39 is 0 Å². The van der Waals surface area contributed by atoms with Crippen molar-refractivity contribution in [2.45, 2.75) is 0 Å². The summed E-state index contributed by atoms with van der Waals surface area (Å²) in [6, 6.07) is 7.35. The minimum Gasteiger partial charge on any atom is -0.399 e. The van der Waals surface area contributed by atoms with Crippen LogP contribution in [0.15, 0.2) is 53.8 Å². The lowest BCUT2D eigenvalue weighted by atomic mass is 10.2. The Morgan fingerprint density at radius 1 is 1.15 bits per heavy atom. The minimum atomic E-state index is -0.185. The molecule has 0 fully saturated rings. The van der Waals surface area contributed by atoms with Crippen molar-refractivity contribution in [2.24, 2.45) is 7.05 Å². The summed E-state index contributed by atoms with van der Waals surface area (Å²) in [6.45, 7) is 0. The number of nitrogens with two attached hydrogens (primary N) is 1. The maximum Gasteiger partial charge on any atom is 0.294 e. The molecule has 0 saturated heterocycles. The van der Waals surface area contributed by atoms with Gasteiger partial charge in [0.25, 0.3) is 5.56 Å². The first-order chi connectivity index (χ1) is 9.66. The van der Waals surface area contributed by atoms with Crippen LogP contribution < -0.4 is 11.3 Å². The number of nitrogens with zero attached hydrogens (tertiary/aromatic N) is 4. The van der Waals surface area contributed by atoms with Crippen molar-refractivity contribution in [3.63, 3.8) is 0 Å². The van der Waals surface area contributed by atoms with E-state index in [1.54, 1.807) is 42.5 Å². The van der Waals surface area contributed by atoms with Crippen LogP contribution in [0.4, 0.5) is 5.69 Å². The van der Waals surface area contributed by atoms with Gasteiger partial charge in [-0.05, 0) is 12.1 Å². The molecule has 0 atom stereocenters. The molecule has 2 aromatic heterocycles. The molecule has 0 amide bonds. The molecule has 3 rings (SSSR count). The molecule has 2 heterocycles. The lowest BCUT2D eigenvalue weighted by Gasteiger charge is -2.07. The molecule has 0 aliphatic heterocycles. The van der Waals surface area contributed by atoms with Gasteiger partial charge in [-0.15, -0.1) is 0 Å². The Kier molecular flexibility index (Phi) is 2.83. The lowest BCUT2D eigenvalue weighted by molar-refractivity contribution is 0.809. The predicted octanol–water partition coefficient (Wildman–Crippen LogP) is 1.22. The van der Waals surface area contributed by atoms with Crippen molar-refractivity contribution in [1.29, 1.82) is 0 Å².